The highest BCUT2D eigenvalue weighted by molar-refractivity contribution is 7.09. The summed E-state index contributed by atoms with van der Waals surface area (Å²) >= 11 is 1.05. The van der Waals surface area contributed by atoms with Gasteiger partial charge in [0.25, 0.3) is 11.5 Å². The van der Waals surface area contributed by atoms with Crippen LogP contribution in [0.3, 0.4) is 0 Å². The first kappa shape index (κ1) is 19.4. The standard InChI is InChI=1S/C22H20N6O2S/c29-21-19-18(24-15-28(21)14-16-6-2-1-3-7-16)20(31-25-19)22(30)27-12-10-26(11-13-27)17-8-4-5-9-23-17/h1-9,15H,10-14H2. The highest BCUT2D eigenvalue weighted by Crippen LogP contribution is 2.21. The molecule has 0 bridgehead atoms. The summed E-state index contributed by atoms with van der Waals surface area (Å²) in [4.78, 5) is 39.2. The lowest BCUT2D eigenvalue weighted by Gasteiger charge is -2.35. The molecule has 0 unspecified atom stereocenters. The number of rotatable bonds is 4. The number of hydrogen-bond donors (Lipinski definition) is 0. The number of benzene rings is 1. The molecule has 31 heavy (non-hydrogen) atoms. The number of nitrogens with zero attached hydrogens (tertiary/aromatic N) is 6. The van der Waals surface area contributed by atoms with Crippen LogP contribution in [0.25, 0.3) is 11.0 Å². The monoisotopic (exact) mass is 432 g/mol. The lowest BCUT2D eigenvalue weighted by atomic mass is 10.2. The molecule has 0 N–H and O–H groups in total. The van der Waals surface area contributed by atoms with Crippen LogP contribution in [0.2, 0.25) is 0 Å². The van der Waals surface area contributed by atoms with Crippen molar-refractivity contribution in [2.75, 3.05) is 31.1 Å². The Morgan fingerprint density at radius 2 is 1.71 bits per heavy atom. The van der Waals surface area contributed by atoms with Crippen LogP contribution in [0.1, 0.15) is 15.2 Å². The van der Waals surface area contributed by atoms with E-state index in [4.69, 9.17) is 0 Å². The molecule has 1 aliphatic heterocycles. The average Bonchev–Trinajstić information content (AvgIpc) is 3.27. The minimum absolute atomic E-state index is 0.124. The van der Waals surface area contributed by atoms with E-state index in [0.717, 1.165) is 22.9 Å². The Morgan fingerprint density at radius 1 is 0.935 bits per heavy atom. The summed E-state index contributed by atoms with van der Waals surface area (Å²) in [5.41, 5.74) is 1.41. The van der Waals surface area contributed by atoms with Crippen molar-refractivity contribution in [2.24, 2.45) is 0 Å². The maximum Gasteiger partial charge on any atom is 0.281 e. The first-order chi connectivity index (χ1) is 15.2. The zero-order valence-corrected chi connectivity index (χ0v) is 17.5. The minimum atomic E-state index is -0.232. The van der Waals surface area contributed by atoms with Crippen LogP contribution in [-0.2, 0) is 6.54 Å². The molecule has 5 rings (SSSR count). The first-order valence-corrected chi connectivity index (χ1v) is 10.8. The number of pyridine rings is 1. The van der Waals surface area contributed by atoms with Crippen molar-refractivity contribution < 1.29 is 4.79 Å². The normalized spacial score (nSPS) is 14.2. The average molecular weight is 433 g/mol. The van der Waals surface area contributed by atoms with Gasteiger partial charge >= 0.3 is 0 Å². The Hall–Kier alpha value is -3.59. The second-order valence-electron chi connectivity index (χ2n) is 7.34. The van der Waals surface area contributed by atoms with E-state index >= 15 is 0 Å². The maximum atomic E-state index is 13.1. The Kier molecular flexibility index (Phi) is 5.17. The molecule has 9 heteroatoms. The van der Waals surface area contributed by atoms with Crippen molar-refractivity contribution in [3.63, 3.8) is 0 Å². The molecule has 3 aromatic heterocycles. The fourth-order valence-corrected chi connectivity index (χ4v) is 4.51. The van der Waals surface area contributed by atoms with E-state index in [9.17, 15) is 9.59 Å². The van der Waals surface area contributed by atoms with Crippen molar-refractivity contribution in [2.45, 2.75) is 6.54 Å². The van der Waals surface area contributed by atoms with Crippen molar-refractivity contribution in [3.8, 4) is 0 Å². The molecule has 4 aromatic rings. The van der Waals surface area contributed by atoms with Crippen LogP contribution >= 0.6 is 11.5 Å². The summed E-state index contributed by atoms with van der Waals surface area (Å²) in [6.45, 7) is 2.99. The second kappa shape index (κ2) is 8.27. The molecular weight excluding hydrogens is 412 g/mol. The van der Waals surface area contributed by atoms with Gasteiger partial charge in [-0.3, -0.25) is 14.2 Å². The molecule has 8 nitrogen and oxygen atoms in total. The Balaban J connectivity index is 1.34. The number of anilines is 1. The molecule has 0 atom stereocenters. The SMILES string of the molecule is O=C(c1snc2c(=O)n(Cc3ccccc3)cnc12)N1CCN(c2ccccn2)CC1. The van der Waals surface area contributed by atoms with Gasteiger partial charge in [-0.2, -0.15) is 4.37 Å². The molecule has 0 spiro atoms. The molecular formula is C22H20N6O2S. The van der Waals surface area contributed by atoms with Crippen LogP contribution in [-0.4, -0.2) is 55.9 Å². The minimum Gasteiger partial charge on any atom is -0.353 e. The van der Waals surface area contributed by atoms with E-state index in [1.807, 2.05) is 48.5 Å². The number of carbonyl (C=O) groups is 1. The molecule has 1 aliphatic rings. The lowest BCUT2D eigenvalue weighted by Crippen LogP contribution is -2.49. The van der Waals surface area contributed by atoms with Crippen molar-refractivity contribution >= 4 is 34.3 Å². The number of aromatic nitrogens is 4. The summed E-state index contributed by atoms with van der Waals surface area (Å²) in [6, 6.07) is 15.5. The fraction of sp³-hybridized carbons (Fsp3) is 0.227. The fourth-order valence-electron chi connectivity index (χ4n) is 3.72. The third-order valence-corrected chi connectivity index (χ3v) is 6.21. The Morgan fingerprint density at radius 3 is 2.45 bits per heavy atom. The van der Waals surface area contributed by atoms with Gasteiger partial charge in [-0.1, -0.05) is 36.4 Å². The van der Waals surface area contributed by atoms with Gasteiger partial charge in [0.15, 0.2) is 5.52 Å². The Bertz CT molecular complexity index is 1260. The van der Waals surface area contributed by atoms with Crippen LogP contribution in [0, 0.1) is 0 Å². The number of carbonyl (C=O) groups excluding carboxylic acids is 1. The van der Waals surface area contributed by atoms with E-state index in [1.54, 1.807) is 11.1 Å². The summed E-state index contributed by atoms with van der Waals surface area (Å²) in [7, 11) is 0. The van der Waals surface area contributed by atoms with E-state index in [2.05, 4.69) is 19.2 Å². The van der Waals surface area contributed by atoms with E-state index in [0.29, 0.717) is 43.1 Å². The lowest BCUT2D eigenvalue weighted by molar-refractivity contribution is 0.0753. The first-order valence-electron chi connectivity index (χ1n) is 10.0. The van der Waals surface area contributed by atoms with Crippen LogP contribution in [0.5, 0.6) is 0 Å². The number of piperazine rings is 1. The topological polar surface area (TPSA) is 84.2 Å². The van der Waals surface area contributed by atoms with Gasteiger partial charge in [0.05, 0.1) is 12.9 Å². The predicted molar refractivity (Wildman–Crippen MR) is 120 cm³/mol. The summed E-state index contributed by atoms with van der Waals surface area (Å²) in [6.07, 6.45) is 3.27. The molecule has 1 saturated heterocycles. The second-order valence-corrected chi connectivity index (χ2v) is 8.11. The molecule has 1 amide bonds. The Labute approximate surface area is 182 Å². The highest BCUT2D eigenvalue weighted by Gasteiger charge is 2.27. The van der Waals surface area contributed by atoms with E-state index in [-0.39, 0.29) is 17.0 Å². The zero-order valence-electron chi connectivity index (χ0n) is 16.7. The summed E-state index contributed by atoms with van der Waals surface area (Å²) < 4.78 is 5.80. The smallest absolute Gasteiger partial charge is 0.281 e. The number of fused-ring (bicyclic) bond motifs is 1. The maximum absolute atomic E-state index is 13.1. The van der Waals surface area contributed by atoms with Gasteiger partial charge in [-0.05, 0) is 29.2 Å². The van der Waals surface area contributed by atoms with Crippen LogP contribution in [0.15, 0.2) is 65.8 Å². The number of amides is 1. The van der Waals surface area contributed by atoms with Crippen LogP contribution in [0.4, 0.5) is 5.82 Å². The van der Waals surface area contributed by atoms with Gasteiger partial charge in [-0.15, -0.1) is 0 Å². The van der Waals surface area contributed by atoms with Crippen molar-refractivity contribution in [1.82, 2.24) is 23.8 Å². The van der Waals surface area contributed by atoms with E-state index < -0.39 is 0 Å². The summed E-state index contributed by atoms with van der Waals surface area (Å²) in [5, 5.41) is 0. The third kappa shape index (κ3) is 3.79. The van der Waals surface area contributed by atoms with Gasteiger partial charge in [-0.25, -0.2) is 9.97 Å². The molecule has 156 valence electrons. The van der Waals surface area contributed by atoms with Gasteiger partial charge in [0.1, 0.15) is 16.2 Å². The van der Waals surface area contributed by atoms with Crippen LogP contribution < -0.4 is 10.5 Å². The van der Waals surface area contributed by atoms with E-state index in [1.165, 1.54) is 10.9 Å². The molecule has 4 heterocycles. The highest BCUT2D eigenvalue weighted by atomic mass is 32.1. The van der Waals surface area contributed by atoms with Gasteiger partial charge < -0.3 is 9.80 Å². The van der Waals surface area contributed by atoms with Gasteiger partial charge in [0.2, 0.25) is 0 Å². The van der Waals surface area contributed by atoms with Crippen molar-refractivity contribution in [3.05, 3.63) is 81.8 Å². The quantitative estimate of drug-likeness (QED) is 0.492. The van der Waals surface area contributed by atoms with Gasteiger partial charge in [0, 0.05) is 32.4 Å². The molecule has 0 saturated carbocycles. The van der Waals surface area contributed by atoms with Crippen molar-refractivity contribution in [1.29, 1.82) is 0 Å². The number of hydrogen-bond acceptors (Lipinski definition) is 7. The molecule has 1 fully saturated rings. The largest absolute Gasteiger partial charge is 0.353 e. The molecule has 0 radical (unpaired) electrons. The third-order valence-electron chi connectivity index (χ3n) is 5.39. The molecule has 1 aromatic carbocycles. The zero-order chi connectivity index (χ0) is 21.2. The molecule has 0 aliphatic carbocycles. The predicted octanol–water partition coefficient (Wildman–Crippen LogP) is 2.26. The summed E-state index contributed by atoms with van der Waals surface area (Å²) in [5.74, 6) is 0.791.